The van der Waals surface area contributed by atoms with Crippen LogP contribution in [0.4, 0.5) is 16.2 Å². The van der Waals surface area contributed by atoms with Crippen LogP contribution in [0.3, 0.4) is 0 Å². The molecule has 0 fully saturated rings. The summed E-state index contributed by atoms with van der Waals surface area (Å²) in [6, 6.07) is 8.64. The van der Waals surface area contributed by atoms with Crippen molar-refractivity contribution >= 4 is 11.8 Å². The average Bonchev–Trinajstić information content (AvgIpc) is 2.40. The fraction of sp³-hybridized carbons (Fsp3) is 0.286. The van der Waals surface area contributed by atoms with E-state index in [4.69, 9.17) is 0 Å². The maximum atomic E-state index is 13.6. The average molecular weight is 260 g/mol. The largest absolute Gasteiger partial charge is 0.357 e. The minimum Gasteiger partial charge on any atom is -0.357 e. The summed E-state index contributed by atoms with van der Waals surface area (Å²) in [6.07, 6.45) is 0. The van der Waals surface area contributed by atoms with Gasteiger partial charge in [-0.1, -0.05) is 18.2 Å². The minimum absolute atomic E-state index is 0.200. The Morgan fingerprint density at radius 3 is 2.68 bits per heavy atom. The number of aromatic nitrogens is 2. The molecule has 4 nitrogen and oxygen atoms in total. The van der Waals surface area contributed by atoms with Crippen LogP contribution in [0, 0.1) is 12.7 Å². The summed E-state index contributed by atoms with van der Waals surface area (Å²) in [5.74, 6) is 1.13. The van der Waals surface area contributed by atoms with Gasteiger partial charge in [0.15, 0.2) is 0 Å². The zero-order valence-corrected chi connectivity index (χ0v) is 11.3. The van der Waals surface area contributed by atoms with Crippen LogP contribution in [0.25, 0.3) is 0 Å². The highest BCUT2D eigenvalue weighted by molar-refractivity contribution is 5.44. The number of nitrogens with zero attached hydrogens (tertiary/aromatic N) is 3. The van der Waals surface area contributed by atoms with Crippen molar-refractivity contribution < 1.29 is 4.39 Å². The number of aryl methyl sites for hydroxylation is 1. The van der Waals surface area contributed by atoms with Crippen molar-refractivity contribution in [2.45, 2.75) is 13.5 Å². The molecule has 100 valence electrons. The highest BCUT2D eigenvalue weighted by Gasteiger charge is 2.09. The number of hydrogen-bond acceptors (Lipinski definition) is 4. The molecule has 1 heterocycles. The van der Waals surface area contributed by atoms with Gasteiger partial charge in [0.25, 0.3) is 0 Å². The fourth-order valence-electron chi connectivity index (χ4n) is 1.82. The molecule has 0 saturated carbocycles. The Morgan fingerprint density at radius 1 is 1.26 bits per heavy atom. The lowest BCUT2D eigenvalue weighted by atomic mass is 10.2. The van der Waals surface area contributed by atoms with E-state index >= 15 is 0 Å². The van der Waals surface area contributed by atoms with Crippen LogP contribution < -0.4 is 10.2 Å². The second-order valence-electron chi connectivity index (χ2n) is 4.39. The molecule has 0 amide bonds. The zero-order valence-electron chi connectivity index (χ0n) is 11.3. The van der Waals surface area contributed by atoms with E-state index in [-0.39, 0.29) is 5.82 Å². The summed E-state index contributed by atoms with van der Waals surface area (Å²) in [4.78, 5) is 10.5. The number of anilines is 2. The van der Waals surface area contributed by atoms with Crippen LogP contribution in [0.5, 0.6) is 0 Å². The summed E-state index contributed by atoms with van der Waals surface area (Å²) in [5.41, 5.74) is 1.52. The highest BCUT2D eigenvalue weighted by Crippen LogP contribution is 2.17. The summed E-state index contributed by atoms with van der Waals surface area (Å²) in [5, 5.41) is 2.92. The number of nitrogens with one attached hydrogen (secondary N) is 1. The Labute approximate surface area is 112 Å². The molecule has 1 N–H and O–H groups in total. The van der Waals surface area contributed by atoms with E-state index in [0.29, 0.717) is 18.1 Å². The van der Waals surface area contributed by atoms with Gasteiger partial charge in [0.2, 0.25) is 5.95 Å². The summed E-state index contributed by atoms with van der Waals surface area (Å²) in [7, 11) is 3.66. The zero-order chi connectivity index (χ0) is 13.8. The van der Waals surface area contributed by atoms with Crippen LogP contribution in [-0.2, 0) is 6.54 Å². The molecule has 0 bridgehead atoms. The van der Waals surface area contributed by atoms with E-state index in [1.807, 2.05) is 31.0 Å². The second-order valence-corrected chi connectivity index (χ2v) is 4.39. The molecule has 0 spiro atoms. The number of halogens is 1. The molecule has 19 heavy (non-hydrogen) atoms. The number of rotatable bonds is 4. The van der Waals surface area contributed by atoms with E-state index in [1.165, 1.54) is 6.07 Å². The van der Waals surface area contributed by atoms with Gasteiger partial charge in [-0.3, -0.25) is 0 Å². The molecule has 0 unspecified atom stereocenters. The molecule has 1 aromatic carbocycles. The molecule has 0 aliphatic heterocycles. The van der Waals surface area contributed by atoms with E-state index in [0.717, 1.165) is 11.5 Å². The van der Waals surface area contributed by atoms with Gasteiger partial charge in [-0.15, -0.1) is 0 Å². The van der Waals surface area contributed by atoms with Gasteiger partial charge >= 0.3 is 0 Å². The smallest absolute Gasteiger partial charge is 0.224 e. The van der Waals surface area contributed by atoms with Crippen LogP contribution in [-0.4, -0.2) is 24.1 Å². The molecule has 2 aromatic rings. The molecular weight excluding hydrogens is 243 g/mol. The first kappa shape index (κ1) is 13.3. The Morgan fingerprint density at radius 2 is 2.00 bits per heavy atom. The van der Waals surface area contributed by atoms with Crippen LogP contribution in [0.1, 0.15) is 11.3 Å². The lowest BCUT2D eigenvalue weighted by Crippen LogP contribution is -2.19. The van der Waals surface area contributed by atoms with E-state index < -0.39 is 0 Å². The highest BCUT2D eigenvalue weighted by atomic mass is 19.1. The maximum absolute atomic E-state index is 13.6. The molecule has 0 radical (unpaired) electrons. The molecule has 0 aliphatic rings. The molecule has 0 saturated heterocycles. The molecule has 0 aliphatic carbocycles. The second kappa shape index (κ2) is 5.65. The first-order chi connectivity index (χ1) is 9.10. The predicted molar refractivity (Wildman–Crippen MR) is 74.8 cm³/mol. The van der Waals surface area contributed by atoms with Gasteiger partial charge in [-0.2, -0.15) is 4.98 Å². The van der Waals surface area contributed by atoms with Gasteiger partial charge in [0.1, 0.15) is 11.6 Å². The normalized spacial score (nSPS) is 10.3. The van der Waals surface area contributed by atoms with E-state index in [9.17, 15) is 4.39 Å². The van der Waals surface area contributed by atoms with E-state index in [1.54, 1.807) is 19.2 Å². The lowest BCUT2D eigenvalue weighted by Gasteiger charge is -2.19. The molecule has 1 aromatic heterocycles. The molecular formula is C14H17FN4. The number of hydrogen-bond donors (Lipinski definition) is 1. The first-order valence-corrected chi connectivity index (χ1v) is 6.08. The summed E-state index contributed by atoms with van der Waals surface area (Å²) < 4.78 is 13.6. The minimum atomic E-state index is -0.200. The third kappa shape index (κ3) is 3.19. The van der Waals surface area contributed by atoms with Gasteiger partial charge in [-0.05, 0) is 13.0 Å². The third-order valence-electron chi connectivity index (χ3n) is 2.82. The van der Waals surface area contributed by atoms with Crippen LogP contribution >= 0.6 is 0 Å². The monoisotopic (exact) mass is 260 g/mol. The van der Waals surface area contributed by atoms with Crippen molar-refractivity contribution in [2.24, 2.45) is 0 Å². The van der Waals surface area contributed by atoms with Crippen molar-refractivity contribution in [3.63, 3.8) is 0 Å². The SMILES string of the molecule is CNc1nc(C)cc(N(C)Cc2ccccc2F)n1. The fourth-order valence-corrected chi connectivity index (χ4v) is 1.82. The van der Waals surface area contributed by atoms with Crippen molar-refractivity contribution in [1.82, 2.24) is 9.97 Å². The Balaban J connectivity index is 2.22. The standard InChI is InChI=1S/C14H17FN4/c1-10-8-13(18-14(16-2)17-10)19(3)9-11-6-4-5-7-12(11)15/h4-8H,9H2,1-3H3,(H,16,17,18). The lowest BCUT2D eigenvalue weighted by molar-refractivity contribution is 0.607. The quantitative estimate of drug-likeness (QED) is 0.917. The van der Waals surface area contributed by atoms with Gasteiger partial charge in [-0.25, -0.2) is 9.37 Å². The van der Waals surface area contributed by atoms with Gasteiger partial charge in [0.05, 0.1) is 0 Å². The third-order valence-corrected chi connectivity index (χ3v) is 2.82. The van der Waals surface area contributed by atoms with Crippen molar-refractivity contribution in [3.05, 3.63) is 47.4 Å². The Kier molecular flexibility index (Phi) is 3.94. The Hall–Kier alpha value is -2.17. The van der Waals surface area contributed by atoms with Crippen LogP contribution in [0.2, 0.25) is 0 Å². The maximum Gasteiger partial charge on any atom is 0.224 e. The molecule has 2 rings (SSSR count). The summed E-state index contributed by atoms with van der Waals surface area (Å²) in [6.45, 7) is 2.37. The van der Waals surface area contributed by atoms with Crippen molar-refractivity contribution in [1.29, 1.82) is 0 Å². The van der Waals surface area contributed by atoms with Crippen molar-refractivity contribution in [3.8, 4) is 0 Å². The van der Waals surface area contributed by atoms with Crippen molar-refractivity contribution in [2.75, 3.05) is 24.3 Å². The number of benzene rings is 1. The Bertz CT molecular complexity index is 571. The topological polar surface area (TPSA) is 41.1 Å². The van der Waals surface area contributed by atoms with Gasteiger partial charge < -0.3 is 10.2 Å². The first-order valence-electron chi connectivity index (χ1n) is 6.08. The summed E-state index contributed by atoms with van der Waals surface area (Å²) >= 11 is 0. The predicted octanol–water partition coefficient (Wildman–Crippen LogP) is 2.60. The van der Waals surface area contributed by atoms with Crippen LogP contribution in [0.15, 0.2) is 30.3 Å². The van der Waals surface area contributed by atoms with Gasteiger partial charge in [0, 0.05) is 38.0 Å². The van der Waals surface area contributed by atoms with E-state index in [2.05, 4.69) is 15.3 Å². The molecule has 0 atom stereocenters. The molecule has 5 heteroatoms.